The van der Waals surface area contributed by atoms with Crippen LogP contribution in [0.15, 0.2) is 24.3 Å². The lowest BCUT2D eigenvalue weighted by Crippen LogP contribution is -2.25. The van der Waals surface area contributed by atoms with Gasteiger partial charge in [0.25, 0.3) is 0 Å². The molecule has 1 aromatic heterocycles. The standard InChI is InChI=1S/C24H27NO5S/c1-4-18-19-13-12-17(30-24(27)29-6-3)15-21(19)31-23(18)25-22(26)14-11-16-9-7-8-10-20(16)28-5-2/h1,7-10,17H,5-6,11-15H2,2-3H3,(H,25,26). The number of benzene rings is 1. The zero-order valence-electron chi connectivity index (χ0n) is 17.9. The second-order valence-electron chi connectivity index (χ2n) is 7.11. The number of carbonyl (C=O) groups excluding carboxylic acids is 2. The number of nitrogens with one attached hydrogen (secondary N) is 1. The van der Waals surface area contributed by atoms with Crippen molar-refractivity contribution in [3.05, 3.63) is 45.8 Å². The molecule has 1 amide bonds. The third-order valence-electron chi connectivity index (χ3n) is 5.04. The predicted octanol–water partition coefficient (Wildman–Crippen LogP) is 4.73. The van der Waals surface area contributed by atoms with Crippen molar-refractivity contribution in [1.29, 1.82) is 0 Å². The van der Waals surface area contributed by atoms with Gasteiger partial charge in [-0.1, -0.05) is 24.1 Å². The highest BCUT2D eigenvalue weighted by Crippen LogP contribution is 2.38. The number of aryl methyl sites for hydroxylation is 1. The van der Waals surface area contributed by atoms with Gasteiger partial charge in [0.1, 0.15) is 16.9 Å². The number of thiophene rings is 1. The summed E-state index contributed by atoms with van der Waals surface area (Å²) in [5, 5.41) is 3.67. The van der Waals surface area contributed by atoms with Gasteiger partial charge in [-0.25, -0.2) is 4.79 Å². The first-order valence-corrected chi connectivity index (χ1v) is 11.3. The molecule has 7 heteroatoms. The van der Waals surface area contributed by atoms with Gasteiger partial charge in [0.05, 0.1) is 18.8 Å². The van der Waals surface area contributed by atoms with Gasteiger partial charge in [0.15, 0.2) is 0 Å². The summed E-state index contributed by atoms with van der Waals surface area (Å²) in [6.45, 7) is 4.54. The Hall–Kier alpha value is -2.98. The molecule has 1 atom stereocenters. The zero-order chi connectivity index (χ0) is 22.2. The average Bonchev–Trinajstić information content (AvgIpc) is 3.09. The highest BCUT2D eigenvalue weighted by atomic mass is 32.1. The predicted molar refractivity (Wildman–Crippen MR) is 121 cm³/mol. The maximum Gasteiger partial charge on any atom is 0.508 e. The van der Waals surface area contributed by atoms with Crippen molar-refractivity contribution in [3.8, 4) is 18.1 Å². The van der Waals surface area contributed by atoms with Crippen LogP contribution in [0.2, 0.25) is 0 Å². The number of carbonyl (C=O) groups is 2. The van der Waals surface area contributed by atoms with Crippen LogP contribution in [0.1, 0.15) is 48.3 Å². The quantitative estimate of drug-likeness (QED) is 0.474. The number of rotatable bonds is 8. The van der Waals surface area contributed by atoms with Gasteiger partial charge in [0.2, 0.25) is 5.91 Å². The van der Waals surface area contributed by atoms with Crippen molar-refractivity contribution in [2.75, 3.05) is 18.5 Å². The van der Waals surface area contributed by atoms with E-state index in [1.807, 2.05) is 31.2 Å². The Morgan fingerprint density at radius 1 is 1.26 bits per heavy atom. The SMILES string of the molecule is C#Cc1c(NC(=O)CCc2ccccc2OCC)sc2c1CCC(OC(=O)OCC)C2. The van der Waals surface area contributed by atoms with Crippen molar-refractivity contribution in [2.24, 2.45) is 0 Å². The summed E-state index contributed by atoms with van der Waals surface area (Å²) < 4.78 is 15.9. The third-order valence-corrected chi connectivity index (χ3v) is 6.21. The van der Waals surface area contributed by atoms with Gasteiger partial charge < -0.3 is 19.5 Å². The number of anilines is 1. The number of para-hydroxylation sites is 1. The first kappa shape index (κ1) is 22.7. The normalized spacial score (nSPS) is 14.8. The molecule has 1 unspecified atom stereocenters. The largest absolute Gasteiger partial charge is 0.508 e. The fourth-order valence-corrected chi connectivity index (χ4v) is 4.92. The molecule has 31 heavy (non-hydrogen) atoms. The van der Waals surface area contributed by atoms with E-state index in [0.717, 1.165) is 27.3 Å². The van der Waals surface area contributed by atoms with E-state index in [-0.39, 0.29) is 18.6 Å². The van der Waals surface area contributed by atoms with Gasteiger partial charge in [0, 0.05) is 17.7 Å². The minimum atomic E-state index is -0.648. The molecule has 1 heterocycles. The fourth-order valence-electron chi connectivity index (χ4n) is 3.63. The maximum absolute atomic E-state index is 12.6. The summed E-state index contributed by atoms with van der Waals surface area (Å²) in [5.74, 6) is 3.44. The van der Waals surface area contributed by atoms with Crippen LogP contribution in [0.5, 0.6) is 5.75 Å². The van der Waals surface area contributed by atoms with Gasteiger partial charge in [-0.05, 0) is 50.3 Å². The van der Waals surface area contributed by atoms with E-state index in [9.17, 15) is 9.59 Å². The van der Waals surface area contributed by atoms with Crippen LogP contribution in [-0.4, -0.2) is 31.4 Å². The molecular formula is C24H27NO5S. The fraction of sp³-hybridized carbons (Fsp3) is 0.417. The highest BCUT2D eigenvalue weighted by Gasteiger charge is 2.28. The minimum Gasteiger partial charge on any atom is -0.494 e. The van der Waals surface area contributed by atoms with E-state index < -0.39 is 6.16 Å². The Balaban J connectivity index is 1.64. The van der Waals surface area contributed by atoms with Gasteiger partial charge in [-0.2, -0.15) is 0 Å². The van der Waals surface area contributed by atoms with Crippen LogP contribution in [0.3, 0.4) is 0 Å². The van der Waals surface area contributed by atoms with Crippen LogP contribution < -0.4 is 10.1 Å². The number of fused-ring (bicyclic) bond motifs is 1. The second kappa shape index (κ2) is 10.9. The Morgan fingerprint density at radius 2 is 2.06 bits per heavy atom. The van der Waals surface area contributed by atoms with Crippen molar-refractivity contribution >= 4 is 28.4 Å². The third kappa shape index (κ3) is 5.80. The molecular weight excluding hydrogens is 414 g/mol. The number of ether oxygens (including phenoxy) is 3. The summed E-state index contributed by atoms with van der Waals surface area (Å²) in [5.41, 5.74) is 2.80. The summed E-state index contributed by atoms with van der Waals surface area (Å²) in [6.07, 6.45) is 7.72. The van der Waals surface area contributed by atoms with Crippen molar-refractivity contribution in [3.63, 3.8) is 0 Å². The molecule has 2 aromatic rings. The molecule has 0 bridgehead atoms. The average molecular weight is 442 g/mol. The monoisotopic (exact) mass is 441 g/mol. The van der Waals surface area contributed by atoms with E-state index >= 15 is 0 Å². The molecule has 0 fully saturated rings. The van der Waals surface area contributed by atoms with Crippen molar-refractivity contribution in [2.45, 2.75) is 52.1 Å². The Kier molecular flexibility index (Phi) is 7.96. The van der Waals surface area contributed by atoms with Gasteiger partial charge >= 0.3 is 6.16 Å². The number of amides is 1. The summed E-state index contributed by atoms with van der Waals surface area (Å²) >= 11 is 1.46. The van der Waals surface area contributed by atoms with Gasteiger partial charge in [-0.3, -0.25) is 4.79 Å². The second-order valence-corrected chi connectivity index (χ2v) is 8.21. The smallest absolute Gasteiger partial charge is 0.494 e. The minimum absolute atomic E-state index is 0.0966. The molecule has 6 nitrogen and oxygen atoms in total. The summed E-state index contributed by atoms with van der Waals surface area (Å²) in [4.78, 5) is 25.3. The highest BCUT2D eigenvalue weighted by molar-refractivity contribution is 7.16. The molecule has 0 saturated heterocycles. The van der Waals surface area contributed by atoms with Crippen LogP contribution in [-0.2, 0) is 33.5 Å². The van der Waals surface area contributed by atoms with E-state index in [2.05, 4.69) is 11.2 Å². The van der Waals surface area contributed by atoms with E-state index in [4.69, 9.17) is 20.6 Å². The molecule has 1 aliphatic rings. The maximum atomic E-state index is 12.6. The molecule has 1 aromatic carbocycles. The lowest BCUT2D eigenvalue weighted by Gasteiger charge is -2.21. The molecule has 1 aliphatic carbocycles. The molecule has 0 saturated carbocycles. The topological polar surface area (TPSA) is 73.9 Å². The van der Waals surface area contributed by atoms with E-state index in [1.54, 1.807) is 6.92 Å². The first-order valence-electron chi connectivity index (χ1n) is 10.5. The van der Waals surface area contributed by atoms with Crippen LogP contribution in [0.25, 0.3) is 0 Å². The molecule has 0 aliphatic heterocycles. The van der Waals surface area contributed by atoms with Crippen LogP contribution in [0.4, 0.5) is 9.80 Å². The van der Waals surface area contributed by atoms with Crippen molar-refractivity contribution in [1.82, 2.24) is 0 Å². The number of terminal acetylenes is 1. The molecule has 0 spiro atoms. The number of hydrogen-bond acceptors (Lipinski definition) is 6. The number of hydrogen-bond donors (Lipinski definition) is 1. The van der Waals surface area contributed by atoms with E-state index in [0.29, 0.717) is 43.7 Å². The van der Waals surface area contributed by atoms with Crippen molar-refractivity contribution < 1.29 is 23.8 Å². The Bertz CT molecular complexity index is 975. The Labute approximate surface area is 186 Å². The summed E-state index contributed by atoms with van der Waals surface area (Å²) in [6, 6.07) is 7.74. The Morgan fingerprint density at radius 3 is 2.81 bits per heavy atom. The lowest BCUT2D eigenvalue weighted by atomic mass is 9.93. The van der Waals surface area contributed by atoms with Gasteiger partial charge in [-0.15, -0.1) is 17.8 Å². The van der Waals surface area contributed by atoms with Crippen LogP contribution >= 0.6 is 11.3 Å². The molecule has 0 radical (unpaired) electrons. The zero-order valence-corrected chi connectivity index (χ0v) is 18.7. The molecule has 164 valence electrons. The molecule has 1 N–H and O–H groups in total. The molecule has 3 rings (SSSR count). The van der Waals surface area contributed by atoms with Crippen LogP contribution in [0, 0.1) is 12.3 Å². The first-order chi connectivity index (χ1) is 15.0. The van der Waals surface area contributed by atoms with E-state index in [1.165, 1.54) is 11.3 Å². The summed E-state index contributed by atoms with van der Waals surface area (Å²) in [7, 11) is 0. The lowest BCUT2D eigenvalue weighted by molar-refractivity contribution is -0.116.